The van der Waals surface area contributed by atoms with Gasteiger partial charge in [0.1, 0.15) is 36.5 Å². The van der Waals surface area contributed by atoms with Gasteiger partial charge in [-0.05, 0) is 50.3 Å². The zero-order valence-electron chi connectivity index (χ0n) is 21.5. The molecule has 1 aromatic rings. The number of esters is 1. The van der Waals surface area contributed by atoms with Crippen LogP contribution in [-0.2, 0) is 14.3 Å². The third kappa shape index (κ3) is 7.97. The first kappa shape index (κ1) is 31.4. The smallest absolute Gasteiger partial charge is 0.339 e. The Hall–Kier alpha value is -1.11. The predicted molar refractivity (Wildman–Crippen MR) is 145 cm³/mol. The van der Waals surface area contributed by atoms with Crippen molar-refractivity contribution in [3.8, 4) is 0 Å². The zero-order valence-corrected chi connectivity index (χ0v) is 23.8. The summed E-state index contributed by atoms with van der Waals surface area (Å²) in [5.74, 6) is -0.350. The molecule has 214 valence electrons. The second-order valence-corrected chi connectivity index (χ2v) is 12.1. The topological polar surface area (TPSA) is 146 Å². The largest absolute Gasteiger partial charge is 0.461 e. The van der Waals surface area contributed by atoms with Gasteiger partial charge in [-0.1, -0.05) is 43.0 Å². The van der Waals surface area contributed by atoms with E-state index in [-0.39, 0.29) is 34.8 Å². The lowest BCUT2D eigenvalue weighted by Gasteiger charge is -2.44. The summed E-state index contributed by atoms with van der Waals surface area (Å²) < 4.78 is 11.1. The highest BCUT2D eigenvalue weighted by Crippen LogP contribution is 2.35. The van der Waals surface area contributed by atoms with Gasteiger partial charge < -0.3 is 35.2 Å². The van der Waals surface area contributed by atoms with E-state index in [9.17, 15) is 30.0 Å². The van der Waals surface area contributed by atoms with E-state index in [1.165, 1.54) is 25.1 Å². The standard InChI is InChI=1S/C26H37Cl2NO8S/c1-3-4-14-5-6-15(11-14)24(34)29-19(13(2)30)23-21(32)20(31)22(33)26(37-23)38-10-9-36-25(35)17-8-7-16(27)12-18(17)28/h7-8,12-15,19-23,26,30-33H,3-6,9-11H2,1-2H3,(H,29,34)/t13-,14+,15+,19-,20+,21-,22-,23-,26-/m1/s1. The van der Waals surface area contributed by atoms with Crippen molar-refractivity contribution in [1.29, 1.82) is 0 Å². The monoisotopic (exact) mass is 593 g/mol. The van der Waals surface area contributed by atoms with Crippen molar-refractivity contribution in [2.75, 3.05) is 12.4 Å². The number of rotatable bonds is 11. The van der Waals surface area contributed by atoms with Crippen LogP contribution in [0.1, 0.15) is 56.3 Å². The number of benzene rings is 1. The van der Waals surface area contributed by atoms with Gasteiger partial charge in [-0.15, -0.1) is 11.8 Å². The number of aliphatic hydroxyl groups is 4. The van der Waals surface area contributed by atoms with Crippen molar-refractivity contribution in [1.82, 2.24) is 5.32 Å². The second kappa shape index (κ2) is 14.5. The van der Waals surface area contributed by atoms with Crippen molar-refractivity contribution < 1.29 is 39.5 Å². The van der Waals surface area contributed by atoms with Crippen LogP contribution in [0, 0.1) is 11.8 Å². The molecular weight excluding hydrogens is 557 g/mol. The summed E-state index contributed by atoms with van der Waals surface area (Å²) in [6, 6.07) is 3.40. The van der Waals surface area contributed by atoms with Gasteiger partial charge in [0.25, 0.3) is 0 Å². The number of carbonyl (C=O) groups is 2. The number of carbonyl (C=O) groups excluding carboxylic acids is 2. The molecule has 1 saturated carbocycles. The summed E-state index contributed by atoms with van der Waals surface area (Å²) in [4.78, 5) is 25.3. The molecule has 0 aromatic heterocycles. The number of hydrogen-bond acceptors (Lipinski definition) is 9. The van der Waals surface area contributed by atoms with E-state index in [1.807, 2.05) is 0 Å². The molecule has 0 unspecified atom stereocenters. The van der Waals surface area contributed by atoms with Gasteiger partial charge >= 0.3 is 5.97 Å². The van der Waals surface area contributed by atoms with Crippen molar-refractivity contribution in [2.24, 2.45) is 11.8 Å². The minimum absolute atomic E-state index is 0.0461. The Morgan fingerprint density at radius 1 is 1.18 bits per heavy atom. The normalized spacial score (nSPS) is 31.0. The van der Waals surface area contributed by atoms with Crippen LogP contribution < -0.4 is 5.32 Å². The fourth-order valence-electron chi connectivity index (χ4n) is 5.08. The van der Waals surface area contributed by atoms with Gasteiger partial charge in [-0.2, -0.15) is 0 Å². The minimum atomic E-state index is -1.57. The lowest BCUT2D eigenvalue weighted by Crippen LogP contribution is -2.65. The number of thioether (sulfide) groups is 1. The Morgan fingerprint density at radius 2 is 1.92 bits per heavy atom. The highest BCUT2D eigenvalue weighted by atomic mass is 35.5. The van der Waals surface area contributed by atoms with E-state index in [1.54, 1.807) is 0 Å². The Bertz CT molecular complexity index is 954. The lowest BCUT2D eigenvalue weighted by atomic mass is 9.91. The molecule has 0 spiro atoms. The highest BCUT2D eigenvalue weighted by molar-refractivity contribution is 7.99. The van der Waals surface area contributed by atoms with E-state index < -0.39 is 48.0 Å². The van der Waals surface area contributed by atoms with Crippen molar-refractivity contribution in [3.63, 3.8) is 0 Å². The van der Waals surface area contributed by atoms with Crippen molar-refractivity contribution in [2.45, 2.75) is 87.9 Å². The maximum absolute atomic E-state index is 13.0. The first-order valence-electron chi connectivity index (χ1n) is 12.9. The quantitative estimate of drug-likeness (QED) is 0.193. The van der Waals surface area contributed by atoms with Crippen LogP contribution in [0.4, 0.5) is 0 Å². The molecule has 1 aliphatic heterocycles. The molecule has 9 nitrogen and oxygen atoms in total. The van der Waals surface area contributed by atoms with E-state index >= 15 is 0 Å². The Morgan fingerprint density at radius 3 is 2.58 bits per heavy atom. The van der Waals surface area contributed by atoms with E-state index in [0.29, 0.717) is 10.9 Å². The zero-order chi connectivity index (χ0) is 28.0. The van der Waals surface area contributed by atoms with Crippen LogP contribution in [0.5, 0.6) is 0 Å². The van der Waals surface area contributed by atoms with Gasteiger partial charge in [0.15, 0.2) is 0 Å². The number of ether oxygens (including phenoxy) is 2. The van der Waals surface area contributed by atoms with E-state index in [2.05, 4.69) is 12.2 Å². The number of hydrogen-bond donors (Lipinski definition) is 5. The van der Waals surface area contributed by atoms with Crippen LogP contribution >= 0.6 is 35.0 Å². The lowest BCUT2D eigenvalue weighted by molar-refractivity contribution is -0.211. The molecule has 12 heteroatoms. The van der Waals surface area contributed by atoms with Gasteiger partial charge in [-0.3, -0.25) is 4.79 Å². The first-order chi connectivity index (χ1) is 18.0. The second-order valence-electron chi connectivity index (χ2n) is 10.0. The Labute approximate surface area is 237 Å². The van der Waals surface area contributed by atoms with Crippen LogP contribution in [0.25, 0.3) is 0 Å². The van der Waals surface area contributed by atoms with E-state index in [0.717, 1.165) is 43.9 Å². The number of nitrogens with one attached hydrogen (secondary N) is 1. The molecule has 9 atom stereocenters. The van der Waals surface area contributed by atoms with Crippen LogP contribution in [0.2, 0.25) is 10.0 Å². The maximum atomic E-state index is 13.0. The molecule has 2 aliphatic rings. The molecular formula is C26H37Cl2NO8S. The van der Waals surface area contributed by atoms with Crippen molar-refractivity contribution >= 4 is 46.8 Å². The third-order valence-electron chi connectivity index (χ3n) is 7.15. The molecule has 0 bridgehead atoms. The molecule has 1 heterocycles. The average Bonchev–Trinajstić information content (AvgIpc) is 3.34. The summed E-state index contributed by atoms with van der Waals surface area (Å²) in [6.07, 6.45) is -2.17. The molecule has 1 aromatic carbocycles. The van der Waals surface area contributed by atoms with Gasteiger partial charge in [0.2, 0.25) is 5.91 Å². The molecule has 0 radical (unpaired) electrons. The molecule has 38 heavy (non-hydrogen) atoms. The van der Waals surface area contributed by atoms with Gasteiger partial charge in [0.05, 0.1) is 22.7 Å². The molecule has 3 rings (SSSR count). The maximum Gasteiger partial charge on any atom is 0.339 e. The van der Waals surface area contributed by atoms with Crippen LogP contribution in [-0.4, -0.2) is 86.7 Å². The summed E-state index contributed by atoms with van der Waals surface area (Å²) in [5.41, 5.74) is -0.845. The fourth-order valence-corrected chi connectivity index (χ4v) is 6.55. The average molecular weight is 595 g/mol. The highest BCUT2D eigenvalue weighted by Gasteiger charge is 2.48. The fraction of sp³-hybridized carbons (Fsp3) is 0.692. The minimum Gasteiger partial charge on any atom is -0.461 e. The summed E-state index contributed by atoms with van der Waals surface area (Å²) in [5, 5.41) is 45.4. The Kier molecular flexibility index (Phi) is 12.0. The Balaban J connectivity index is 1.57. The van der Waals surface area contributed by atoms with Gasteiger partial charge in [-0.25, -0.2) is 4.79 Å². The van der Waals surface area contributed by atoms with Crippen LogP contribution in [0.15, 0.2) is 18.2 Å². The predicted octanol–water partition coefficient (Wildman–Crippen LogP) is 2.77. The number of halogens is 2. The molecule has 2 fully saturated rings. The summed E-state index contributed by atoms with van der Waals surface area (Å²) in [6.45, 7) is 3.54. The van der Waals surface area contributed by atoms with Crippen molar-refractivity contribution in [3.05, 3.63) is 33.8 Å². The number of amides is 1. The molecule has 5 N–H and O–H groups in total. The summed E-state index contributed by atoms with van der Waals surface area (Å²) >= 11 is 12.9. The molecule has 1 amide bonds. The first-order valence-corrected chi connectivity index (χ1v) is 14.8. The van der Waals surface area contributed by atoms with E-state index in [4.69, 9.17) is 32.7 Å². The number of aliphatic hydroxyl groups excluding tert-OH is 4. The van der Waals surface area contributed by atoms with Crippen LogP contribution in [0.3, 0.4) is 0 Å². The van der Waals surface area contributed by atoms with Gasteiger partial charge in [0, 0.05) is 16.7 Å². The molecule has 1 aliphatic carbocycles. The SMILES string of the molecule is CCC[C@H]1CC[C@H](C(=O)N[C@@H]([C@H]2O[C@H](SCCOC(=O)c3ccc(Cl)cc3Cl)[C@H](O)[C@@H](O)[C@H]2O)[C@@H](C)O)C1. The third-order valence-corrected chi connectivity index (χ3v) is 8.82. The summed E-state index contributed by atoms with van der Waals surface area (Å²) in [7, 11) is 0. The molecule has 1 saturated heterocycles.